The first-order chi connectivity index (χ1) is 11.9. The first-order valence-corrected chi connectivity index (χ1v) is 8.19. The van der Waals surface area contributed by atoms with Crippen molar-refractivity contribution in [3.05, 3.63) is 57.6 Å². The van der Waals surface area contributed by atoms with Gasteiger partial charge in [-0.3, -0.25) is 9.59 Å². The van der Waals surface area contributed by atoms with Crippen LogP contribution in [0.15, 0.2) is 36.4 Å². The minimum Gasteiger partial charge on any atom is -0.495 e. The third-order valence-electron chi connectivity index (χ3n) is 3.41. The molecule has 132 valence electrons. The Balaban J connectivity index is 1.92. The molecule has 0 atom stereocenters. The highest BCUT2D eigenvalue weighted by molar-refractivity contribution is 6.32. The fourth-order valence-electron chi connectivity index (χ4n) is 2.11. The molecule has 2 aromatic rings. The van der Waals surface area contributed by atoms with Crippen LogP contribution in [0.4, 0.5) is 5.69 Å². The van der Waals surface area contributed by atoms with Crippen molar-refractivity contribution in [1.82, 2.24) is 0 Å². The van der Waals surface area contributed by atoms with Crippen molar-refractivity contribution in [3.63, 3.8) is 0 Å². The van der Waals surface area contributed by atoms with Crippen molar-refractivity contribution in [2.75, 3.05) is 19.0 Å². The molecule has 0 aliphatic rings. The van der Waals surface area contributed by atoms with Crippen molar-refractivity contribution < 1.29 is 19.1 Å². The summed E-state index contributed by atoms with van der Waals surface area (Å²) in [5.41, 5.74) is 1.88. The molecule has 0 bridgehead atoms. The lowest BCUT2D eigenvalue weighted by Gasteiger charge is -2.12. The van der Waals surface area contributed by atoms with Gasteiger partial charge in [0.25, 0.3) is 5.91 Å². The Kier molecular flexibility index (Phi) is 6.67. The number of aryl methyl sites for hydroxylation is 1. The number of ether oxygens (including phenoxy) is 2. The molecule has 7 heteroatoms. The van der Waals surface area contributed by atoms with Crippen LogP contribution in [0.1, 0.15) is 11.1 Å². The van der Waals surface area contributed by atoms with Gasteiger partial charge in [0.05, 0.1) is 19.2 Å². The van der Waals surface area contributed by atoms with E-state index in [0.29, 0.717) is 27.0 Å². The SMILES string of the molecule is COc1cc(Cl)c(C)cc1NC(=O)COC(=O)Cc1ccccc1Cl. The molecule has 0 aliphatic heterocycles. The van der Waals surface area contributed by atoms with Gasteiger partial charge in [-0.1, -0.05) is 41.4 Å². The van der Waals surface area contributed by atoms with Gasteiger partial charge in [0.2, 0.25) is 0 Å². The van der Waals surface area contributed by atoms with Crippen LogP contribution in [0.5, 0.6) is 5.75 Å². The van der Waals surface area contributed by atoms with Gasteiger partial charge in [-0.15, -0.1) is 0 Å². The second-order valence-electron chi connectivity index (χ2n) is 5.28. The summed E-state index contributed by atoms with van der Waals surface area (Å²) in [6, 6.07) is 10.3. The van der Waals surface area contributed by atoms with Crippen molar-refractivity contribution in [2.45, 2.75) is 13.3 Å². The molecule has 0 saturated carbocycles. The minimum absolute atomic E-state index is 0.00364. The van der Waals surface area contributed by atoms with E-state index in [9.17, 15) is 9.59 Å². The van der Waals surface area contributed by atoms with E-state index >= 15 is 0 Å². The zero-order valence-corrected chi connectivity index (χ0v) is 15.3. The average Bonchev–Trinajstić information content (AvgIpc) is 2.58. The summed E-state index contributed by atoms with van der Waals surface area (Å²) in [4.78, 5) is 23.8. The number of hydrogen-bond donors (Lipinski definition) is 1. The summed E-state index contributed by atoms with van der Waals surface area (Å²) in [6.45, 7) is 1.40. The van der Waals surface area contributed by atoms with Gasteiger partial charge in [-0.25, -0.2) is 0 Å². The lowest BCUT2D eigenvalue weighted by Crippen LogP contribution is -2.22. The van der Waals surface area contributed by atoms with Crippen LogP contribution in [0.25, 0.3) is 0 Å². The molecule has 0 spiro atoms. The number of esters is 1. The number of carbonyl (C=O) groups excluding carboxylic acids is 2. The number of halogens is 2. The van der Waals surface area contributed by atoms with Crippen molar-refractivity contribution in [1.29, 1.82) is 0 Å². The third-order valence-corrected chi connectivity index (χ3v) is 4.19. The van der Waals surface area contributed by atoms with Gasteiger partial charge in [0, 0.05) is 16.1 Å². The Morgan fingerprint density at radius 1 is 1.12 bits per heavy atom. The van der Waals surface area contributed by atoms with Gasteiger partial charge in [0.1, 0.15) is 5.75 Å². The highest BCUT2D eigenvalue weighted by Gasteiger charge is 2.13. The fraction of sp³-hybridized carbons (Fsp3) is 0.222. The normalized spacial score (nSPS) is 10.2. The molecule has 1 N–H and O–H groups in total. The van der Waals surface area contributed by atoms with E-state index < -0.39 is 18.5 Å². The van der Waals surface area contributed by atoms with Crippen molar-refractivity contribution in [3.8, 4) is 5.75 Å². The Morgan fingerprint density at radius 3 is 2.52 bits per heavy atom. The summed E-state index contributed by atoms with van der Waals surface area (Å²) >= 11 is 12.0. The molecule has 25 heavy (non-hydrogen) atoms. The first-order valence-electron chi connectivity index (χ1n) is 7.43. The number of anilines is 1. The van der Waals surface area contributed by atoms with E-state index in [0.717, 1.165) is 5.56 Å². The molecule has 2 rings (SSSR count). The van der Waals surface area contributed by atoms with Crippen molar-refractivity contribution in [2.24, 2.45) is 0 Å². The average molecular weight is 382 g/mol. The van der Waals surface area contributed by atoms with Crippen LogP contribution in [-0.2, 0) is 20.7 Å². The lowest BCUT2D eigenvalue weighted by molar-refractivity contribution is -0.146. The molecule has 0 unspecified atom stereocenters. The van der Waals surface area contributed by atoms with Crippen LogP contribution < -0.4 is 10.1 Å². The maximum atomic E-state index is 12.0. The molecule has 5 nitrogen and oxygen atoms in total. The van der Waals surface area contributed by atoms with E-state index in [1.54, 1.807) is 43.3 Å². The predicted octanol–water partition coefficient (Wildman–Crippen LogP) is 4.03. The molecular weight excluding hydrogens is 365 g/mol. The van der Waals surface area contributed by atoms with E-state index in [2.05, 4.69) is 5.32 Å². The highest BCUT2D eigenvalue weighted by Crippen LogP contribution is 2.30. The molecule has 0 aromatic heterocycles. The van der Waals surface area contributed by atoms with Crippen LogP contribution in [0.3, 0.4) is 0 Å². The number of methoxy groups -OCH3 is 1. The highest BCUT2D eigenvalue weighted by atomic mass is 35.5. The van der Waals surface area contributed by atoms with Gasteiger partial charge in [-0.2, -0.15) is 0 Å². The second kappa shape index (κ2) is 8.74. The Morgan fingerprint density at radius 2 is 1.84 bits per heavy atom. The molecular formula is C18H17Cl2NO4. The standard InChI is InChI=1S/C18H17Cl2NO4/c1-11-7-15(16(24-2)9-14(11)20)21-17(22)10-25-18(23)8-12-5-3-4-6-13(12)19/h3-7,9H,8,10H2,1-2H3,(H,21,22). The number of carbonyl (C=O) groups is 2. The van der Waals surface area contributed by atoms with Crippen LogP contribution >= 0.6 is 23.2 Å². The van der Waals surface area contributed by atoms with Crippen LogP contribution in [0, 0.1) is 6.92 Å². The molecule has 2 aromatic carbocycles. The smallest absolute Gasteiger partial charge is 0.310 e. The van der Waals surface area contributed by atoms with Crippen molar-refractivity contribution >= 4 is 40.8 Å². The first kappa shape index (κ1) is 19.1. The third kappa shape index (κ3) is 5.37. The Bertz CT molecular complexity index is 793. The lowest BCUT2D eigenvalue weighted by atomic mass is 10.1. The van der Waals surface area contributed by atoms with Crippen LogP contribution in [0.2, 0.25) is 10.0 Å². The number of hydrogen-bond acceptors (Lipinski definition) is 4. The maximum absolute atomic E-state index is 12.0. The molecule has 0 saturated heterocycles. The largest absolute Gasteiger partial charge is 0.495 e. The zero-order chi connectivity index (χ0) is 18.4. The summed E-state index contributed by atoms with van der Waals surface area (Å²) in [7, 11) is 1.47. The molecule has 0 aliphatic carbocycles. The zero-order valence-electron chi connectivity index (χ0n) is 13.8. The number of nitrogens with one attached hydrogen (secondary N) is 1. The molecule has 0 fully saturated rings. The van der Waals surface area contributed by atoms with Crippen LogP contribution in [-0.4, -0.2) is 25.6 Å². The number of rotatable bonds is 6. The van der Waals surface area contributed by atoms with E-state index in [1.165, 1.54) is 7.11 Å². The Hall–Kier alpha value is -2.24. The summed E-state index contributed by atoms with van der Waals surface area (Å²) in [6.07, 6.45) is -0.00364. The number of benzene rings is 2. The summed E-state index contributed by atoms with van der Waals surface area (Å²) < 4.78 is 10.2. The quantitative estimate of drug-likeness (QED) is 0.766. The molecule has 1 amide bonds. The molecule has 0 radical (unpaired) electrons. The van der Waals surface area contributed by atoms with E-state index in [-0.39, 0.29) is 6.42 Å². The van der Waals surface area contributed by atoms with E-state index in [1.807, 2.05) is 0 Å². The topological polar surface area (TPSA) is 64.6 Å². The summed E-state index contributed by atoms with van der Waals surface area (Å²) in [5.74, 6) is -0.596. The second-order valence-corrected chi connectivity index (χ2v) is 6.09. The number of amides is 1. The van der Waals surface area contributed by atoms with Gasteiger partial charge < -0.3 is 14.8 Å². The fourth-order valence-corrected chi connectivity index (χ4v) is 2.47. The minimum atomic E-state index is -0.539. The molecule has 0 heterocycles. The summed E-state index contributed by atoms with van der Waals surface area (Å²) in [5, 5.41) is 3.64. The van der Waals surface area contributed by atoms with Gasteiger partial charge in [-0.05, 0) is 30.2 Å². The Labute approximate surface area is 155 Å². The van der Waals surface area contributed by atoms with Gasteiger partial charge >= 0.3 is 5.97 Å². The predicted molar refractivity (Wildman–Crippen MR) is 97.5 cm³/mol. The van der Waals surface area contributed by atoms with E-state index in [4.69, 9.17) is 32.7 Å². The monoisotopic (exact) mass is 381 g/mol. The van der Waals surface area contributed by atoms with Gasteiger partial charge in [0.15, 0.2) is 6.61 Å². The maximum Gasteiger partial charge on any atom is 0.310 e.